The lowest BCUT2D eigenvalue weighted by atomic mass is 10.0. The topological polar surface area (TPSA) is 86.7 Å². The second-order valence-electron chi connectivity index (χ2n) is 7.84. The van der Waals surface area contributed by atoms with Crippen LogP contribution in [0.5, 0.6) is 0 Å². The molecule has 164 valence electrons. The highest BCUT2D eigenvalue weighted by Gasteiger charge is 2.36. The summed E-state index contributed by atoms with van der Waals surface area (Å²) in [5, 5.41) is 12.0. The van der Waals surface area contributed by atoms with Gasteiger partial charge in [0, 0.05) is 13.0 Å². The summed E-state index contributed by atoms with van der Waals surface area (Å²) in [5.74, 6) is -1.70. The lowest BCUT2D eigenvalue weighted by Gasteiger charge is -2.30. The molecule has 0 bridgehead atoms. The van der Waals surface area contributed by atoms with Gasteiger partial charge in [0.25, 0.3) is 0 Å². The number of thiol groups is 1. The van der Waals surface area contributed by atoms with E-state index in [-0.39, 0.29) is 18.2 Å². The van der Waals surface area contributed by atoms with E-state index in [4.69, 9.17) is 0 Å². The first-order chi connectivity index (χ1) is 15.0. The maximum Gasteiger partial charge on any atom is 0.326 e. The number of carboxylic acid groups (broad SMARTS) is 1. The van der Waals surface area contributed by atoms with Crippen LogP contribution < -0.4 is 5.32 Å². The summed E-state index contributed by atoms with van der Waals surface area (Å²) >= 11 is 4.42. The minimum absolute atomic E-state index is 0.228. The Balaban J connectivity index is 1.69. The van der Waals surface area contributed by atoms with E-state index in [1.807, 2.05) is 60.7 Å². The zero-order chi connectivity index (χ0) is 22.2. The molecule has 0 radical (unpaired) electrons. The van der Waals surface area contributed by atoms with Crippen molar-refractivity contribution < 1.29 is 19.5 Å². The Bertz CT molecular complexity index is 891. The van der Waals surface area contributed by atoms with Gasteiger partial charge in [0.1, 0.15) is 12.1 Å². The largest absolute Gasteiger partial charge is 0.480 e. The van der Waals surface area contributed by atoms with Gasteiger partial charge in [0.05, 0.1) is 5.25 Å². The van der Waals surface area contributed by atoms with Crippen molar-refractivity contribution in [3.05, 3.63) is 71.8 Å². The van der Waals surface area contributed by atoms with Gasteiger partial charge in [0.15, 0.2) is 0 Å². The van der Waals surface area contributed by atoms with Crippen LogP contribution in [0, 0.1) is 0 Å². The van der Waals surface area contributed by atoms with E-state index < -0.39 is 23.3 Å². The fourth-order valence-corrected chi connectivity index (χ4v) is 4.16. The Morgan fingerprint density at radius 1 is 1.00 bits per heavy atom. The Morgan fingerprint density at radius 2 is 1.58 bits per heavy atom. The summed E-state index contributed by atoms with van der Waals surface area (Å²) in [4.78, 5) is 39.3. The molecular weight excluding hydrogens is 412 g/mol. The Kier molecular flexibility index (Phi) is 8.12. The Morgan fingerprint density at radius 3 is 2.16 bits per heavy atom. The third-order valence-electron chi connectivity index (χ3n) is 5.55. The molecule has 1 heterocycles. The van der Waals surface area contributed by atoms with Gasteiger partial charge in [-0.15, -0.1) is 0 Å². The summed E-state index contributed by atoms with van der Waals surface area (Å²) in [7, 11) is 0. The van der Waals surface area contributed by atoms with E-state index in [9.17, 15) is 19.5 Å². The third-order valence-corrected chi connectivity index (χ3v) is 5.96. The zero-order valence-corrected chi connectivity index (χ0v) is 18.2. The molecule has 2 aromatic carbocycles. The number of rotatable bonds is 8. The number of hydrogen-bond donors (Lipinski definition) is 3. The second-order valence-corrected chi connectivity index (χ2v) is 8.46. The van der Waals surface area contributed by atoms with Crippen LogP contribution in [0.4, 0.5) is 0 Å². The second kappa shape index (κ2) is 11.0. The number of hydrogen-bond acceptors (Lipinski definition) is 4. The molecule has 1 unspecified atom stereocenters. The van der Waals surface area contributed by atoms with Crippen molar-refractivity contribution >= 4 is 30.4 Å². The fourth-order valence-electron chi connectivity index (χ4n) is 3.87. The molecule has 0 aliphatic carbocycles. The van der Waals surface area contributed by atoms with Gasteiger partial charge in [-0.25, -0.2) is 4.79 Å². The highest BCUT2D eigenvalue weighted by Crippen LogP contribution is 2.19. The van der Waals surface area contributed by atoms with E-state index in [0.29, 0.717) is 25.8 Å². The maximum absolute atomic E-state index is 13.2. The van der Waals surface area contributed by atoms with Crippen LogP contribution in [-0.4, -0.2) is 51.7 Å². The molecule has 3 rings (SSSR count). The number of aliphatic carboxylic acids is 1. The van der Waals surface area contributed by atoms with Crippen molar-refractivity contribution in [2.24, 2.45) is 0 Å². The monoisotopic (exact) mass is 440 g/mol. The standard InChI is InChI=1S/C24H28N2O4S/c27-22(21(31)16-18-11-5-2-6-12-18)25-19-13-7-8-14-26(23(19)28)20(24(29)30)15-17-9-3-1-4-10-17/h1-6,9-12,19-21,31H,7-8,13-16H2,(H,25,27)(H,29,30)/t19?,20-,21+/m0/s1. The van der Waals surface area contributed by atoms with E-state index in [2.05, 4.69) is 17.9 Å². The number of nitrogens with one attached hydrogen (secondary N) is 1. The van der Waals surface area contributed by atoms with E-state index in [0.717, 1.165) is 17.5 Å². The van der Waals surface area contributed by atoms with Crippen molar-refractivity contribution in [1.82, 2.24) is 10.2 Å². The van der Waals surface area contributed by atoms with Gasteiger partial charge in [0.2, 0.25) is 11.8 Å². The van der Waals surface area contributed by atoms with Crippen molar-refractivity contribution in [1.29, 1.82) is 0 Å². The van der Waals surface area contributed by atoms with Gasteiger partial charge in [-0.05, 0) is 36.8 Å². The van der Waals surface area contributed by atoms with Crippen LogP contribution in [-0.2, 0) is 27.2 Å². The molecule has 6 nitrogen and oxygen atoms in total. The zero-order valence-electron chi connectivity index (χ0n) is 17.3. The number of likely N-dealkylation sites (tertiary alicyclic amines) is 1. The predicted molar refractivity (Wildman–Crippen MR) is 122 cm³/mol. The summed E-state index contributed by atoms with van der Waals surface area (Å²) in [6.45, 7) is 0.364. The molecule has 1 fully saturated rings. The molecule has 0 spiro atoms. The Hall–Kier alpha value is -2.80. The SMILES string of the molecule is O=C(NC1CCCCN([C@@H](Cc2ccccc2)C(=O)O)C1=O)[C@H](S)Cc1ccccc1. The number of nitrogens with zero attached hydrogens (tertiary/aromatic N) is 1. The van der Waals surface area contributed by atoms with Gasteiger partial charge < -0.3 is 15.3 Å². The molecule has 0 saturated carbocycles. The van der Waals surface area contributed by atoms with Crippen LogP contribution in [0.15, 0.2) is 60.7 Å². The molecule has 2 aromatic rings. The number of benzene rings is 2. The number of carboxylic acids is 1. The average molecular weight is 441 g/mol. The molecule has 1 aliphatic rings. The number of amides is 2. The van der Waals surface area contributed by atoms with Crippen molar-refractivity contribution in [2.45, 2.75) is 49.4 Å². The van der Waals surface area contributed by atoms with Crippen molar-refractivity contribution in [3.63, 3.8) is 0 Å². The molecule has 3 atom stereocenters. The molecule has 2 amide bonds. The predicted octanol–water partition coefficient (Wildman–Crippen LogP) is 2.72. The van der Waals surface area contributed by atoms with E-state index in [1.165, 1.54) is 4.90 Å². The lowest BCUT2D eigenvalue weighted by Crippen LogP contribution is -2.54. The summed E-state index contributed by atoms with van der Waals surface area (Å²) in [6.07, 6.45) is 2.61. The van der Waals surface area contributed by atoms with Crippen LogP contribution in [0.2, 0.25) is 0 Å². The highest BCUT2D eigenvalue weighted by atomic mass is 32.1. The lowest BCUT2D eigenvalue weighted by molar-refractivity contribution is -0.151. The molecule has 0 aromatic heterocycles. The van der Waals surface area contributed by atoms with E-state index >= 15 is 0 Å². The van der Waals surface area contributed by atoms with Gasteiger partial charge in [-0.1, -0.05) is 60.7 Å². The fraction of sp³-hybridized carbons (Fsp3) is 0.375. The summed E-state index contributed by atoms with van der Waals surface area (Å²) in [6, 6.07) is 17.1. The smallest absolute Gasteiger partial charge is 0.326 e. The normalized spacial score (nSPS) is 18.7. The number of carbonyl (C=O) groups excluding carboxylic acids is 2. The van der Waals surface area contributed by atoms with Crippen LogP contribution in [0.3, 0.4) is 0 Å². The van der Waals surface area contributed by atoms with Crippen molar-refractivity contribution in [2.75, 3.05) is 6.54 Å². The first kappa shape index (κ1) is 22.9. The van der Waals surface area contributed by atoms with Gasteiger partial charge >= 0.3 is 5.97 Å². The van der Waals surface area contributed by atoms with Crippen LogP contribution in [0.1, 0.15) is 30.4 Å². The van der Waals surface area contributed by atoms with E-state index in [1.54, 1.807) is 0 Å². The first-order valence-electron chi connectivity index (χ1n) is 10.6. The molecular formula is C24H28N2O4S. The Labute approximate surface area is 188 Å². The minimum Gasteiger partial charge on any atom is -0.480 e. The van der Waals surface area contributed by atoms with Crippen LogP contribution in [0.25, 0.3) is 0 Å². The summed E-state index contributed by atoms with van der Waals surface area (Å²) < 4.78 is 0. The highest BCUT2D eigenvalue weighted by molar-refractivity contribution is 7.81. The molecule has 1 aliphatic heterocycles. The van der Waals surface area contributed by atoms with Crippen molar-refractivity contribution in [3.8, 4) is 0 Å². The van der Waals surface area contributed by atoms with Gasteiger partial charge in [-0.2, -0.15) is 12.6 Å². The van der Waals surface area contributed by atoms with Gasteiger partial charge in [-0.3, -0.25) is 9.59 Å². The minimum atomic E-state index is -1.04. The van der Waals surface area contributed by atoms with Crippen LogP contribution >= 0.6 is 12.6 Å². The maximum atomic E-state index is 13.2. The molecule has 7 heteroatoms. The molecule has 1 saturated heterocycles. The average Bonchev–Trinajstić information content (AvgIpc) is 2.95. The summed E-state index contributed by atoms with van der Waals surface area (Å²) in [5.41, 5.74) is 1.84. The number of carbonyl (C=O) groups is 3. The quantitative estimate of drug-likeness (QED) is 0.551. The molecule has 31 heavy (non-hydrogen) atoms. The first-order valence-corrected chi connectivity index (χ1v) is 11.1. The molecule has 2 N–H and O–H groups in total. The third kappa shape index (κ3) is 6.34.